The zero-order valence-corrected chi connectivity index (χ0v) is 10.6. The molecule has 0 amide bonds. The summed E-state index contributed by atoms with van der Waals surface area (Å²) in [6.07, 6.45) is 6.41. The zero-order chi connectivity index (χ0) is 10.6. The van der Waals surface area contributed by atoms with Crippen molar-refractivity contribution in [1.29, 1.82) is 0 Å². The van der Waals surface area contributed by atoms with Crippen LogP contribution in [0.5, 0.6) is 0 Å². The lowest BCUT2D eigenvalue weighted by Gasteiger charge is -2.38. The maximum atomic E-state index is 11.0. The van der Waals surface area contributed by atoms with Gasteiger partial charge in [-0.25, -0.2) is 4.79 Å². The fourth-order valence-electron chi connectivity index (χ4n) is 2.08. The molecular formula is C11H20O2Si. The molecule has 1 rings (SSSR count). The minimum Gasteiger partial charge on any atom is -0.521 e. The van der Waals surface area contributed by atoms with Gasteiger partial charge in [0.15, 0.2) is 0 Å². The molecule has 1 fully saturated rings. The highest BCUT2D eigenvalue weighted by Gasteiger charge is 2.35. The third-order valence-electron chi connectivity index (χ3n) is 3.54. The highest BCUT2D eigenvalue weighted by Crippen LogP contribution is 2.46. The molecule has 14 heavy (non-hydrogen) atoms. The van der Waals surface area contributed by atoms with Crippen molar-refractivity contribution in [1.82, 2.24) is 0 Å². The van der Waals surface area contributed by atoms with E-state index in [1.54, 1.807) is 0 Å². The molecule has 0 saturated heterocycles. The summed E-state index contributed by atoms with van der Waals surface area (Å²) in [7, 11) is -0.758. The van der Waals surface area contributed by atoms with Crippen molar-refractivity contribution >= 4 is 15.7 Å². The van der Waals surface area contributed by atoms with E-state index in [2.05, 4.69) is 20.4 Å². The molecule has 0 aromatic heterocycles. The Labute approximate surface area is 88.7 Å². The second-order valence-corrected chi connectivity index (χ2v) is 6.81. The van der Waals surface area contributed by atoms with Crippen LogP contribution < -0.4 is 0 Å². The van der Waals surface area contributed by atoms with E-state index in [0.717, 1.165) is 0 Å². The Balaban J connectivity index is 2.46. The molecule has 0 radical (unpaired) electrons. The number of carbonyl (C=O) groups is 1. The standard InChI is InChI=1S/C11H20O2Si/c1-4-10(12)13-14-11(3)8-6-5-7-9(11)2/h4,9H,1,5-8,14H2,2-3H3. The van der Waals surface area contributed by atoms with Crippen LogP contribution in [0.3, 0.4) is 0 Å². The Hall–Kier alpha value is -0.573. The van der Waals surface area contributed by atoms with Gasteiger partial charge < -0.3 is 4.43 Å². The van der Waals surface area contributed by atoms with E-state index < -0.39 is 9.76 Å². The fraction of sp³-hybridized carbons (Fsp3) is 0.727. The topological polar surface area (TPSA) is 26.3 Å². The van der Waals surface area contributed by atoms with Gasteiger partial charge in [0.25, 0.3) is 0 Å². The van der Waals surface area contributed by atoms with Crippen LogP contribution in [0.1, 0.15) is 39.5 Å². The molecule has 80 valence electrons. The predicted octanol–water partition coefficient (Wildman–Crippen LogP) is 2.19. The zero-order valence-electron chi connectivity index (χ0n) is 9.21. The molecule has 2 atom stereocenters. The van der Waals surface area contributed by atoms with Gasteiger partial charge in [0.05, 0.1) is 0 Å². The van der Waals surface area contributed by atoms with Crippen LogP contribution >= 0.6 is 0 Å². The van der Waals surface area contributed by atoms with Gasteiger partial charge in [0, 0.05) is 6.08 Å². The average Bonchev–Trinajstić information content (AvgIpc) is 2.19. The van der Waals surface area contributed by atoms with Crippen LogP contribution in [0, 0.1) is 5.92 Å². The molecular weight excluding hydrogens is 192 g/mol. The van der Waals surface area contributed by atoms with E-state index in [9.17, 15) is 4.79 Å². The van der Waals surface area contributed by atoms with Gasteiger partial charge in [0.1, 0.15) is 0 Å². The van der Waals surface area contributed by atoms with E-state index in [1.807, 2.05) is 0 Å². The molecule has 3 heteroatoms. The summed E-state index contributed by atoms with van der Waals surface area (Å²) in [5.41, 5.74) is 0. The molecule has 0 bridgehead atoms. The van der Waals surface area contributed by atoms with Crippen LogP contribution in [0.2, 0.25) is 5.04 Å². The van der Waals surface area contributed by atoms with Gasteiger partial charge in [-0.2, -0.15) is 0 Å². The van der Waals surface area contributed by atoms with Gasteiger partial charge in [-0.15, -0.1) is 0 Å². The van der Waals surface area contributed by atoms with E-state index >= 15 is 0 Å². The number of hydrogen-bond donors (Lipinski definition) is 0. The Morgan fingerprint density at radius 1 is 1.64 bits per heavy atom. The Morgan fingerprint density at radius 2 is 2.36 bits per heavy atom. The second kappa shape index (κ2) is 4.78. The van der Waals surface area contributed by atoms with Gasteiger partial charge in [-0.1, -0.05) is 39.7 Å². The largest absolute Gasteiger partial charge is 0.521 e. The van der Waals surface area contributed by atoms with Crippen LogP contribution in [-0.4, -0.2) is 15.7 Å². The summed E-state index contributed by atoms with van der Waals surface area (Å²) in [4.78, 5) is 11.0. The summed E-state index contributed by atoms with van der Waals surface area (Å²) in [6.45, 7) is 7.98. The summed E-state index contributed by atoms with van der Waals surface area (Å²) in [5.74, 6) is 0.469. The van der Waals surface area contributed by atoms with Gasteiger partial charge >= 0.3 is 5.97 Å². The highest BCUT2D eigenvalue weighted by atomic mass is 28.2. The van der Waals surface area contributed by atoms with Crippen molar-refractivity contribution in [3.63, 3.8) is 0 Å². The molecule has 1 aliphatic carbocycles. The first-order valence-electron chi connectivity index (χ1n) is 5.38. The normalized spacial score (nSPS) is 33.1. The Kier molecular flexibility index (Phi) is 3.93. The Bertz CT molecular complexity index is 227. The molecule has 2 nitrogen and oxygen atoms in total. The highest BCUT2D eigenvalue weighted by molar-refractivity contribution is 6.35. The van der Waals surface area contributed by atoms with E-state index in [4.69, 9.17) is 4.43 Å². The van der Waals surface area contributed by atoms with E-state index in [0.29, 0.717) is 11.0 Å². The van der Waals surface area contributed by atoms with Gasteiger partial charge in [-0.05, 0) is 17.4 Å². The van der Waals surface area contributed by atoms with Crippen LogP contribution in [0.25, 0.3) is 0 Å². The second-order valence-electron chi connectivity index (χ2n) is 4.61. The first-order chi connectivity index (χ1) is 6.58. The molecule has 0 spiro atoms. The van der Waals surface area contributed by atoms with Gasteiger partial charge in [-0.3, -0.25) is 0 Å². The molecule has 0 aromatic rings. The van der Waals surface area contributed by atoms with Crippen molar-refractivity contribution in [3.8, 4) is 0 Å². The maximum Gasteiger partial charge on any atom is 0.316 e. The van der Waals surface area contributed by atoms with Crippen LogP contribution in [-0.2, 0) is 9.22 Å². The number of rotatable bonds is 3. The van der Waals surface area contributed by atoms with Crippen LogP contribution in [0.4, 0.5) is 0 Å². The molecule has 1 aliphatic rings. The lowest BCUT2D eigenvalue weighted by Crippen LogP contribution is -2.30. The van der Waals surface area contributed by atoms with E-state index in [1.165, 1.54) is 31.8 Å². The SMILES string of the molecule is C=CC(=O)O[SiH2]C1(C)CCCCC1C. The monoisotopic (exact) mass is 212 g/mol. The number of hydrogen-bond acceptors (Lipinski definition) is 2. The lowest BCUT2D eigenvalue weighted by atomic mass is 9.81. The third kappa shape index (κ3) is 2.71. The third-order valence-corrected chi connectivity index (χ3v) is 5.67. The van der Waals surface area contributed by atoms with Crippen molar-refractivity contribution in [2.24, 2.45) is 5.92 Å². The van der Waals surface area contributed by atoms with Crippen molar-refractivity contribution < 1.29 is 9.22 Å². The van der Waals surface area contributed by atoms with Crippen LogP contribution in [0.15, 0.2) is 12.7 Å². The predicted molar refractivity (Wildman–Crippen MR) is 60.8 cm³/mol. The average molecular weight is 212 g/mol. The van der Waals surface area contributed by atoms with Gasteiger partial charge in [0.2, 0.25) is 9.76 Å². The fourth-order valence-corrected chi connectivity index (χ4v) is 3.56. The lowest BCUT2D eigenvalue weighted by molar-refractivity contribution is -0.129. The molecule has 0 heterocycles. The van der Waals surface area contributed by atoms with Crippen molar-refractivity contribution in [2.45, 2.75) is 44.6 Å². The first-order valence-corrected chi connectivity index (χ1v) is 6.66. The van der Waals surface area contributed by atoms with Crippen molar-refractivity contribution in [3.05, 3.63) is 12.7 Å². The first kappa shape index (κ1) is 11.5. The minimum absolute atomic E-state index is 0.240. The molecule has 2 unspecified atom stereocenters. The van der Waals surface area contributed by atoms with E-state index in [-0.39, 0.29) is 5.97 Å². The van der Waals surface area contributed by atoms with Crippen molar-refractivity contribution in [2.75, 3.05) is 0 Å². The smallest absolute Gasteiger partial charge is 0.316 e. The Morgan fingerprint density at radius 3 is 2.93 bits per heavy atom. The summed E-state index contributed by atoms with van der Waals surface area (Å²) < 4.78 is 5.29. The molecule has 1 saturated carbocycles. The summed E-state index contributed by atoms with van der Waals surface area (Å²) in [5, 5.41) is 0.316. The molecule has 0 aromatic carbocycles. The maximum absolute atomic E-state index is 11.0. The quantitative estimate of drug-likeness (QED) is 0.529. The summed E-state index contributed by atoms with van der Waals surface area (Å²) >= 11 is 0. The summed E-state index contributed by atoms with van der Waals surface area (Å²) in [6, 6.07) is 0. The number of carbonyl (C=O) groups excluding carboxylic acids is 1. The molecule has 0 aliphatic heterocycles. The minimum atomic E-state index is -0.758. The molecule has 0 N–H and O–H groups in total.